The average Bonchev–Trinajstić information content (AvgIpc) is 3.10. The highest BCUT2D eigenvalue weighted by molar-refractivity contribution is 8.08. The lowest BCUT2D eigenvalue weighted by Crippen LogP contribution is -2.43. The third-order valence-corrected chi connectivity index (χ3v) is 7.99. The number of benzene rings is 2. The third kappa shape index (κ3) is 4.62. The van der Waals surface area contributed by atoms with Gasteiger partial charge in [-0.15, -0.1) is 0 Å². The van der Waals surface area contributed by atoms with Crippen LogP contribution in [0.25, 0.3) is 0 Å². The van der Waals surface area contributed by atoms with Crippen LogP contribution in [0.3, 0.4) is 0 Å². The van der Waals surface area contributed by atoms with Crippen LogP contribution in [0.4, 0.5) is 4.79 Å². The molecule has 2 aromatic rings. The van der Waals surface area contributed by atoms with E-state index >= 15 is 0 Å². The van der Waals surface area contributed by atoms with E-state index in [9.17, 15) is 4.79 Å². The summed E-state index contributed by atoms with van der Waals surface area (Å²) in [5, 5.41) is 2.28. The fraction of sp³-hybridized carbons (Fsp3) is 0.318. The van der Waals surface area contributed by atoms with E-state index in [1.54, 1.807) is 4.90 Å². The Balaban J connectivity index is 1.90. The molecule has 2 radical (unpaired) electrons. The Morgan fingerprint density at radius 3 is 2.07 bits per heavy atom. The largest absolute Gasteiger partial charge is 0.444 e. The molecule has 0 spiro atoms. The van der Waals surface area contributed by atoms with Crippen molar-refractivity contribution in [3.63, 3.8) is 0 Å². The second-order valence-corrected chi connectivity index (χ2v) is 11.0. The summed E-state index contributed by atoms with van der Waals surface area (Å²) in [7, 11) is 4.96. The summed E-state index contributed by atoms with van der Waals surface area (Å²) < 4.78 is 5.60. The van der Waals surface area contributed by atoms with E-state index < -0.39 is 12.7 Å². The second-order valence-electron chi connectivity index (χ2n) is 7.85. The van der Waals surface area contributed by atoms with Crippen LogP contribution >= 0.6 is 7.14 Å². The third-order valence-electron chi connectivity index (χ3n) is 4.60. The molecule has 0 aromatic heterocycles. The molecule has 0 saturated heterocycles. The molecule has 5 heteroatoms. The van der Waals surface area contributed by atoms with E-state index in [0.717, 1.165) is 10.6 Å². The Bertz CT molecular complexity index is 763. The van der Waals surface area contributed by atoms with Crippen LogP contribution in [0.5, 0.6) is 0 Å². The highest BCUT2D eigenvalue weighted by atomic mass is 31.2. The summed E-state index contributed by atoms with van der Waals surface area (Å²) >= 11 is 0. The highest BCUT2D eigenvalue weighted by Crippen LogP contribution is 2.52. The zero-order valence-corrected chi connectivity index (χ0v) is 17.1. The van der Waals surface area contributed by atoms with Crippen LogP contribution in [0.15, 0.2) is 72.8 Å². The van der Waals surface area contributed by atoms with Crippen LogP contribution in [0, 0.1) is 0 Å². The first-order valence-corrected chi connectivity index (χ1v) is 11.3. The number of amides is 1. The Morgan fingerprint density at radius 1 is 1.07 bits per heavy atom. The zero-order valence-electron chi connectivity index (χ0n) is 16.2. The van der Waals surface area contributed by atoms with Crippen molar-refractivity contribution >= 4 is 31.4 Å². The van der Waals surface area contributed by atoms with Crippen molar-refractivity contribution in [2.75, 3.05) is 12.7 Å². The molecule has 27 heavy (non-hydrogen) atoms. The topological polar surface area (TPSA) is 29.5 Å². The molecule has 0 bridgehead atoms. The van der Waals surface area contributed by atoms with Gasteiger partial charge >= 0.3 is 13.7 Å². The zero-order chi connectivity index (χ0) is 19.5. The van der Waals surface area contributed by atoms with Crippen molar-refractivity contribution in [1.82, 2.24) is 4.90 Å². The van der Waals surface area contributed by atoms with Gasteiger partial charge in [-0.25, -0.2) is 4.79 Å². The monoisotopic (exact) mass is 378 g/mol. The maximum absolute atomic E-state index is 12.7. The van der Waals surface area contributed by atoms with Gasteiger partial charge in [0.15, 0.2) is 0 Å². The van der Waals surface area contributed by atoms with Gasteiger partial charge in [-0.2, -0.15) is 0 Å². The minimum absolute atomic E-state index is 0.0707. The van der Waals surface area contributed by atoms with Crippen molar-refractivity contribution < 1.29 is 9.53 Å². The van der Waals surface area contributed by atoms with Crippen molar-refractivity contribution in [2.45, 2.75) is 32.4 Å². The van der Waals surface area contributed by atoms with E-state index in [4.69, 9.17) is 12.3 Å². The molecule has 1 aliphatic heterocycles. The first kappa shape index (κ1) is 19.7. The van der Waals surface area contributed by atoms with Crippen LogP contribution in [0.2, 0.25) is 0 Å². The quantitative estimate of drug-likeness (QED) is 0.459. The number of hydrogen-bond donors (Lipinski definition) is 0. The number of rotatable bonds is 4. The first-order valence-electron chi connectivity index (χ1n) is 9.24. The molecule has 3 nitrogen and oxygen atoms in total. The van der Waals surface area contributed by atoms with Gasteiger partial charge in [-0.1, -0.05) is 48.6 Å². The van der Waals surface area contributed by atoms with Gasteiger partial charge in [0, 0.05) is 13.7 Å². The van der Waals surface area contributed by atoms with Crippen LogP contribution < -0.4 is 10.6 Å². The van der Waals surface area contributed by atoms with E-state index in [2.05, 4.69) is 30.3 Å². The lowest BCUT2D eigenvalue weighted by atomic mass is 10.2. The lowest BCUT2D eigenvalue weighted by molar-refractivity contribution is 0.0255. The lowest BCUT2D eigenvalue weighted by Gasteiger charge is -2.32. The van der Waals surface area contributed by atoms with Gasteiger partial charge in [0.2, 0.25) is 0 Å². The number of hydrogen-bond acceptors (Lipinski definition) is 2. The molecule has 1 heterocycles. The van der Waals surface area contributed by atoms with E-state index in [1.807, 2.05) is 63.2 Å². The van der Waals surface area contributed by atoms with Gasteiger partial charge < -0.3 is 4.74 Å². The van der Waals surface area contributed by atoms with E-state index in [1.165, 1.54) is 0 Å². The minimum Gasteiger partial charge on any atom is -0.444 e. The summed E-state index contributed by atoms with van der Waals surface area (Å²) in [5.74, 6) is 0. The molecule has 1 amide bonds. The van der Waals surface area contributed by atoms with Gasteiger partial charge in [-0.3, -0.25) is 4.90 Å². The van der Waals surface area contributed by atoms with Crippen LogP contribution in [-0.4, -0.2) is 42.9 Å². The Morgan fingerprint density at radius 2 is 1.59 bits per heavy atom. The minimum atomic E-state index is -2.15. The van der Waals surface area contributed by atoms with Crippen molar-refractivity contribution in [2.24, 2.45) is 0 Å². The Labute approximate surface area is 164 Å². The normalized spacial score (nSPS) is 17.1. The Kier molecular flexibility index (Phi) is 5.76. The molecule has 0 fully saturated rings. The molecular formula is C22H26BNO2P+. The number of nitrogens with zero attached hydrogens (tertiary/aromatic N) is 1. The van der Waals surface area contributed by atoms with Crippen LogP contribution in [-0.2, 0) is 4.74 Å². The van der Waals surface area contributed by atoms with Gasteiger partial charge in [0.05, 0.1) is 22.8 Å². The van der Waals surface area contributed by atoms with Gasteiger partial charge in [0.25, 0.3) is 0 Å². The summed E-state index contributed by atoms with van der Waals surface area (Å²) in [6, 6.07) is 20.4. The van der Waals surface area contributed by atoms with Gasteiger partial charge in [0.1, 0.15) is 5.60 Å². The maximum Gasteiger partial charge on any atom is 0.411 e. The van der Waals surface area contributed by atoms with Crippen molar-refractivity contribution in [3.05, 3.63) is 72.8 Å². The molecule has 2 aromatic carbocycles. The molecule has 138 valence electrons. The molecule has 1 atom stereocenters. The summed E-state index contributed by atoms with van der Waals surface area (Å²) in [6.45, 7) is 6.22. The molecule has 3 rings (SSSR count). The molecule has 0 N–H and O–H groups in total. The van der Waals surface area contributed by atoms with Crippen LogP contribution in [0.1, 0.15) is 20.8 Å². The maximum atomic E-state index is 12.7. The SMILES string of the molecule is [B][P+](C[C@@H]1C=CCN1C(=O)OC(C)(C)C)(c1ccccc1)c1ccccc1. The molecular weight excluding hydrogens is 352 g/mol. The number of carbonyl (C=O) groups excluding carboxylic acids is 1. The van der Waals surface area contributed by atoms with Crippen molar-refractivity contribution in [1.29, 1.82) is 0 Å². The summed E-state index contributed by atoms with van der Waals surface area (Å²) in [6.07, 6.45) is 4.51. The van der Waals surface area contributed by atoms with Crippen molar-refractivity contribution in [3.8, 4) is 0 Å². The molecule has 0 saturated carbocycles. The summed E-state index contributed by atoms with van der Waals surface area (Å²) in [4.78, 5) is 14.4. The fourth-order valence-corrected chi connectivity index (χ4v) is 6.34. The van der Waals surface area contributed by atoms with E-state index in [0.29, 0.717) is 12.7 Å². The molecule has 1 aliphatic rings. The number of carbonyl (C=O) groups is 1. The Hall–Kier alpha value is -2.06. The predicted octanol–water partition coefficient (Wildman–Crippen LogP) is 3.91. The van der Waals surface area contributed by atoms with Gasteiger partial charge in [-0.05, 0) is 45.0 Å². The fourth-order valence-electron chi connectivity index (χ4n) is 3.30. The first-order chi connectivity index (χ1) is 12.8. The smallest absolute Gasteiger partial charge is 0.411 e. The highest BCUT2D eigenvalue weighted by Gasteiger charge is 2.43. The predicted molar refractivity (Wildman–Crippen MR) is 116 cm³/mol. The number of ether oxygens (including phenoxy) is 1. The second kappa shape index (κ2) is 7.90. The van der Waals surface area contributed by atoms with E-state index in [-0.39, 0.29) is 12.1 Å². The summed E-state index contributed by atoms with van der Waals surface area (Å²) in [5.41, 5.74) is -0.516. The molecule has 0 aliphatic carbocycles. The average molecular weight is 378 g/mol. The molecule has 0 unspecified atom stereocenters. The standard InChI is InChI=1S/C22H26BNO2P/c1-22(2,3)26-21(25)24-16-10-11-18(24)17-27(23,19-12-6-4-7-13-19)20-14-8-5-9-15-20/h4-15,18H,16-17H2,1-3H3/q+1/t18-/m0/s1.